The van der Waals surface area contributed by atoms with E-state index in [1.807, 2.05) is 29.5 Å². The maximum Gasteiger partial charge on any atom is 0.126 e. The molecule has 3 aromatic rings. The predicted octanol–water partition coefficient (Wildman–Crippen LogP) is 5.02. The van der Waals surface area contributed by atoms with Crippen molar-refractivity contribution in [2.24, 2.45) is 0 Å². The number of benzene rings is 2. The molecule has 4 nitrogen and oxygen atoms in total. The van der Waals surface area contributed by atoms with Gasteiger partial charge in [-0.1, -0.05) is 31.2 Å². The second-order valence-electron chi connectivity index (χ2n) is 8.67. The largest absolute Gasteiger partial charge is 0.493 e. The number of ether oxygens (including phenoxy) is 2. The van der Waals surface area contributed by atoms with E-state index < -0.39 is 6.10 Å². The van der Waals surface area contributed by atoms with Crippen LogP contribution in [0.2, 0.25) is 0 Å². The second-order valence-corrected chi connectivity index (χ2v) is 9.75. The molecule has 0 radical (unpaired) electrons. The molecule has 0 spiro atoms. The molecular weight excluding hydrogens is 406 g/mol. The molecule has 0 aliphatic carbocycles. The second kappa shape index (κ2) is 9.19. The number of aliphatic hydroxyl groups excluding tert-OH is 1. The van der Waals surface area contributed by atoms with Crippen LogP contribution in [0.1, 0.15) is 41.7 Å². The van der Waals surface area contributed by atoms with Crippen molar-refractivity contribution in [2.45, 2.75) is 44.6 Å². The van der Waals surface area contributed by atoms with E-state index in [1.54, 1.807) is 10.4 Å². The van der Waals surface area contributed by atoms with Gasteiger partial charge in [0.1, 0.15) is 24.2 Å². The molecule has 5 rings (SSSR count). The van der Waals surface area contributed by atoms with Crippen LogP contribution in [0.15, 0.2) is 42.5 Å². The summed E-state index contributed by atoms with van der Waals surface area (Å²) in [6.07, 6.45) is 3.83. The molecule has 164 valence electrons. The highest BCUT2D eigenvalue weighted by Crippen LogP contribution is 2.40. The van der Waals surface area contributed by atoms with Crippen LogP contribution in [0.5, 0.6) is 11.5 Å². The lowest BCUT2D eigenvalue weighted by Gasteiger charge is -2.33. The van der Waals surface area contributed by atoms with E-state index in [9.17, 15) is 5.11 Å². The number of nitrogens with zero attached hydrogens (tertiary/aromatic N) is 1. The maximum atomic E-state index is 10.6. The number of aryl methyl sites for hydroxylation is 1. The number of hydrogen-bond donors (Lipinski definition) is 1. The van der Waals surface area contributed by atoms with Gasteiger partial charge < -0.3 is 19.5 Å². The van der Waals surface area contributed by atoms with Crippen LogP contribution in [-0.2, 0) is 12.8 Å². The van der Waals surface area contributed by atoms with E-state index in [-0.39, 0.29) is 0 Å². The first-order valence-electron chi connectivity index (χ1n) is 11.5. The van der Waals surface area contributed by atoms with Crippen molar-refractivity contribution in [3.05, 3.63) is 58.5 Å². The maximum absolute atomic E-state index is 10.6. The Morgan fingerprint density at radius 3 is 2.84 bits per heavy atom. The minimum absolute atomic E-state index is 0.326. The standard InChI is InChI=1S/C26H31NO3S/c1-2-20-21-6-3-4-9-25(21)31-26(20)18-10-13-27(14-11-18)16-19(28)17-30-24-8-5-7-23-22(24)12-15-29-23/h3-9,18-19,28H,2,10-17H2,1H3/t19-/m0/s1. The Bertz CT molecular complexity index is 1040. The number of fused-ring (bicyclic) bond motifs is 2. The summed E-state index contributed by atoms with van der Waals surface area (Å²) in [6, 6.07) is 14.7. The summed E-state index contributed by atoms with van der Waals surface area (Å²) in [6.45, 7) is 6.06. The Labute approximate surface area is 188 Å². The van der Waals surface area contributed by atoms with Crippen molar-refractivity contribution in [3.8, 4) is 11.5 Å². The molecule has 1 atom stereocenters. The summed E-state index contributed by atoms with van der Waals surface area (Å²) in [5.41, 5.74) is 2.68. The molecule has 31 heavy (non-hydrogen) atoms. The molecular formula is C26H31NO3S. The van der Waals surface area contributed by atoms with E-state index in [2.05, 4.69) is 36.1 Å². The molecule has 1 fully saturated rings. The topological polar surface area (TPSA) is 41.9 Å². The first kappa shape index (κ1) is 20.8. The van der Waals surface area contributed by atoms with Crippen LogP contribution in [-0.4, -0.2) is 49.0 Å². The summed E-state index contributed by atoms with van der Waals surface area (Å²) in [5, 5.41) is 12.0. The van der Waals surface area contributed by atoms with Gasteiger partial charge in [-0.2, -0.15) is 0 Å². The van der Waals surface area contributed by atoms with Gasteiger partial charge in [0.15, 0.2) is 0 Å². The lowest BCUT2D eigenvalue weighted by molar-refractivity contribution is 0.0593. The van der Waals surface area contributed by atoms with Crippen molar-refractivity contribution in [1.29, 1.82) is 0 Å². The van der Waals surface area contributed by atoms with Gasteiger partial charge in [0.25, 0.3) is 0 Å². The Morgan fingerprint density at radius 1 is 1.16 bits per heavy atom. The number of rotatable bonds is 7. The highest BCUT2D eigenvalue weighted by molar-refractivity contribution is 7.19. The molecule has 2 aromatic carbocycles. The first-order valence-corrected chi connectivity index (χ1v) is 12.3. The number of piperidine rings is 1. The zero-order valence-electron chi connectivity index (χ0n) is 18.2. The summed E-state index contributed by atoms with van der Waals surface area (Å²) in [5.74, 6) is 2.41. The molecule has 0 amide bonds. The third kappa shape index (κ3) is 4.32. The molecule has 2 aliphatic heterocycles. The third-order valence-electron chi connectivity index (χ3n) is 6.64. The monoisotopic (exact) mass is 437 g/mol. The Morgan fingerprint density at radius 2 is 2.00 bits per heavy atom. The zero-order chi connectivity index (χ0) is 21.2. The SMILES string of the molecule is CCc1c(C2CCN(C[C@H](O)COc3cccc4c3CCO4)CC2)sc2ccccc12. The summed E-state index contributed by atoms with van der Waals surface area (Å²) in [4.78, 5) is 3.98. The Balaban J connectivity index is 1.15. The summed E-state index contributed by atoms with van der Waals surface area (Å²) in [7, 11) is 0. The average Bonchev–Trinajstić information content (AvgIpc) is 3.43. The molecule has 0 unspecified atom stereocenters. The highest BCUT2D eigenvalue weighted by Gasteiger charge is 2.26. The van der Waals surface area contributed by atoms with Crippen LogP contribution >= 0.6 is 11.3 Å². The lowest BCUT2D eigenvalue weighted by atomic mass is 9.91. The van der Waals surface area contributed by atoms with Crippen LogP contribution in [0.3, 0.4) is 0 Å². The number of aliphatic hydroxyl groups is 1. The normalized spacial score (nSPS) is 18.1. The number of likely N-dealkylation sites (tertiary alicyclic amines) is 1. The molecule has 1 aromatic heterocycles. The van der Waals surface area contributed by atoms with Crippen molar-refractivity contribution in [3.63, 3.8) is 0 Å². The fourth-order valence-corrected chi connectivity index (χ4v) is 6.52. The van der Waals surface area contributed by atoms with Crippen LogP contribution < -0.4 is 9.47 Å². The fourth-order valence-electron chi connectivity index (χ4n) is 5.05. The van der Waals surface area contributed by atoms with E-state index in [0.717, 1.165) is 55.8 Å². The Kier molecular flexibility index (Phi) is 6.17. The van der Waals surface area contributed by atoms with Gasteiger partial charge >= 0.3 is 0 Å². The van der Waals surface area contributed by atoms with Crippen molar-refractivity contribution in [1.82, 2.24) is 4.90 Å². The minimum Gasteiger partial charge on any atom is -0.493 e. The van der Waals surface area contributed by atoms with Crippen LogP contribution in [0, 0.1) is 0 Å². The van der Waals surface area contributed by atoms with Gasteiger partial charge in [-0.3, -0.25) is 0 Å². The Hall–Kier alpha value is -2.08. The number of thiophene rings is 1. The smallest absolute Gasteiger partial charge is 0.126 e. The van der Waals surface area contributed by atoms with Crippen LogP contribution in [0.25, 0.3) is 10.1 Å². The first-order chi connectivity index (χ1) is 15.2. The van der Waals surface area contributed by atoms with Gasteiger partial charge in [-0.25, -0.2) is 0 Å². The predicted molar refractivity (Wildman–Crippen MR) is 127 cm³/mol. The minimum atomic E-state index is -0.481. The molecule has 0 saturated carbocycles. The molecule has 5 heteroatoms. The van der Waals surface area contributed by atoms with Crippen molar-refractivity contribution < 1.29 is 14.6 Å². The van der Waals surface area contributed by atoms with E-state index in [0.29, 0.717) is 25.7 Å². The number of hydrogen-bond acceptors (Lipinski definition) is 5. The highest BCUT2D eigenvalue weighted by atomic mass is 32.1. The summed E-state index contributed by atoms with van der Waals surface area (Å²) >= 11 is 1.99. The van der Waals surface area contributed by atoms with E-state index in [1.165, 1.54) is 10.1 Å². The lowest BCUT2D eigenvalue weighted by Crippen LogP contribution is -2.40. The molecule has 3 heterocycles. The third-order valence-corrected chi connectivity index (χ3v) is 8.02. The van der Waals surface area contributed by atoms with Gasteiger partial charge in [0.05, 0.1) is 6.61 Å². The van der Waals surface area contributed by atoms with Crippen molar-refractivity contribution in [2.75, 3.05) is 32.8 Å². The fraction of sp³-hybridized carbons (Fsp3) is 0.462. The number of β-amino-alcohol motifs (C(OH)–C–C–N with tert-alkyl or cyclic N) is 1. The van der Waals surface area contributed by atoms with Crippen molar-refractivity contribution >= 4 is 21.4 Å². The molecule has 1 saturated heterocycles. The van der Waals surface area contributed by atoms with Gasteiger partial charge in [-0.05, 0) is 67.4 Å². The molecule has 0 bridgehead atoms. The van der Waals surface area contributed by atoms with Gasteiger partial charge in [-0.15, -0.1) is 11.3 Å². The quantitative estimate of drug-likeness (QED) is 0.564. The summed E-state index contributed by atoms with van der Waals surface area (Å²) < 4.78 is 13.0. The zero-order valence-corrected chi connectivity index (χ0v) is 19.0. The van der Waals surface area contributed by atoms with E-state index >= 15 is 0 Å². The van der Waals surface area contributed by atoms with Gasteiger partial charge in [0.2, 0.25) is 0 Å². The molecule has 2 aliphatic rings. The van der Waals surface area contributed by atoms with Crippen LogP contribution in [0.4, 0.5) is 0 Å². The van der Waals surface area contributed by atoms with Gasteiger partial charge in [0, 0.05) is 28.1 Å². The average molecular weight is 438 g/mol. The van der Waals surface area contributed by atoms with E-state index in [4.69, 9.17) is 9.47 Å². The molecule has 1 N–H and O–H groups in total.